The summed E-state index contributed by atoms with van der Waals surface area (Å²) in [6, 6.07) is 10.4. The van der Waals surface area contributed by atoms with Gasteiger partial charge in [-0.15, -0.1) is 11.3 Å². The Bertz CT molecular complexity index is 744. The van der Waals surface area contributed by atoms with E-state index in [4.69, 9.17) is 5.73 Å². The van der Waals surface area contributed by atoms with E-state index in [9.17, 15) is 0 Å². The average Bonchev–Trinajstić information content (AvgIpc) is 2.99. The molecule has 1 aromatic carbocycles. The molecular weight excluding hydrogens is 334 g/mol. The van der Waals surface area contributed by atoms with Crippen molar-refractivity contribution in [2.24, 2.45) is 0 Å². The zero-order chi connectivity index (χ0) is 14.3. The van der Waals surface area contributed by atoms with Crippen LogP contribution in [-0.4, -0.2) is 9.55 Å². The molecule has 0 atom stereocenters. The molecule has 3 nitrogen and oxygen atoms in total. The van der Waals surface area contributed by atoms with Crippen molar-refractivity contribution in [2.45, 2.75) is 25.8 Å². The lowest BCUT2D eigenvalue weighted by Crippen LogP contribution is -2.24. The minimum atomic E-state index is 0.0307. The fraction of sp³-hybridized carbons (Fsp3) is 0.267. The molecule has 0 bridgehead atoms. The number of rotatable bonds is 3. The maximum atomic E-state index is 6.10. The van der Waals surface area contributed by atoms with Crippen LogP contribution in [0.2, 0.25) is 0 Å². The monoisotopic (exact) mass is 349 g/mol. The molecule has 0 aliphatic rings. The van der Waals surface area contributed by atoms with Crippen molar-refractivity contribution in [1.82, 2.24) is 9.55 Å². The van der Waals surface area contributed by atoms with E-state index in [1.165, 1.54) is 4.88 Å². The van der Waals surface area contributed by atoms with Crippen LogP contribution in [-0.2, 0) is 12.0 Å². The number of thiophene rings is 1. The van der Waals surface area contributed by atoms with Crippen LogP contribution in [0.25, 0.3) is 11.0 Å². The van der Waals surface area contributed by atoms with E-state index in [2.05, 4.69) is 62.9 Å². The van der Waals surface area contributed by atoms with Gasteiger partial charge in [0.05, 0.1) is 11.0 Å². The summed E-state index contributed by atoms with van der Waals surface area (Å²) in [6.07, 6.45) is 0. The maximum Gasteiger partial charge on any atom is 0.201 e. The van der Waals surface area contributed by atoms with Crippen molar-refractivity contribution >= 4 is 44.2 Å². The Labute approximate surface area is 130 Å². The molecule has 0 saturated carbocycles. The molecule has 104 valence electrons. The van der Waals surface area contributed by atoms with E-state index < -0.39 is 0 Å². The van der Waals surface area contributed by atoms with Gasteiger partial charge in [0.1, 0.15) is 0 Å². The van der Waals surface area contributed by atoms with Crippen LogP contribution < -0.4 is 5.73 Å². The molecule has 0 unspecified atom stereocenters. The highest BCUT2D eigenvalue weighted by atomic mass is 79.9. The van der Waals surface area contributed by atoms with E-state index >= 15 is 0 Å². The first-order valence-corrected chi connectivity index (χ1v) is 8.10. The van der Waals surface area contributed by atoms with Gasteiger partial charge in [-0.25, -0.2) is 4.98 Å². The van der Waals surface area contributed by atoms with Crippen LogP contribution in [0, 0.1) is 0 Å². The van der Waals surface area contributed by atoms with Crippen molar-refractivity contribution in [1.29, 1.82) is 0 Å². The average molecular weight is 350 g/mol. The molecule has 3 aromatic rings. The molecule has 20 heavy (non-hydrogen) atoms. The normalized spacial score (nSPS) is 12.2. The molecule has 0 spiro atoms. The molecule has 0 radical (unpaired) electrons. The third-order valence-corrected chi connectivity index (χ3v) is 5.21. The highest BCUT2D eigenvalue weighted by Gasteiger charge is 2.24. The van der Waals surface area contributed by atoms with Gasteiger partial charge in [-0.05, 0) is 29.6 Å². The fourth-order valence-electron chi connectivity index (χ4n) is 2.42. The smallest absolute Gasteiger partial charge is 0.201 e. The first kappa shape index (κ1) is 13.6. The Morgan fingerprint density at radius 2 is 2.15 bits per heavy atom. The van der Waals surface area contributed by atoms with Crippen molar-refractivity contribution in [2.75, 3.05) is 5.73 Å². The standard InChI is InChI=1S/C15H16BrN3S/c1-15(2,13-4-3-7-20-13)9-19-12-6-5-10(16)8-11(12)18-14(19)17/h3-8H,9H2,1-2H3,(H2,17,18). The fourth-order valence-corrected chi connectivity index (χ4v) is 3.62. The third kappa shape index (κ3) is 2.36. The lowest BCUT2D eigenvalue weighted by molar-refractivity contribution is 0.453. The summed E-state index contributed by atoms with van der Waals surface area (Å²) in [5, 5.41) is 2.11. The Morgan fingerprint density at radius 1 is 1.35 bits per heavy atom. The van der Waals surface area contributed by atoms with Crippen molar-refractivity contribution in [3.8, 4) is 0 Å². The van der Waals surface area contributed by atoms with Crippen LogP contribution in [0.3, 0.4) is 0 Å². The molecule has 0 aliphatic carbocycles. The lowest BCUT2D eigenvalue weighted by Gasteiger charge is -2.24. The van der Waals surface area contributed by atoms with E-state index in [1.54, 1.807) is 11.3 Å². The molecule has 5 heteroatoms. The predicted molar refractivity (Wildman–Crippen MR) is 89.2 cm³/mol. The largest absolute Gasteiger partial charge is 0.369 e. The topological polar surface area (TPSA) is 43.8 Å². The first-order chi connectivity index (χ1) is 9.47. The predicted octanol–water partition coefficient (Wildman–Crippen LogP) is 4.42. The van der Waals surface area contributed by atoms with Crippen LogP contribution in [0.4, 0.5) is 5.95 Å². The van der Waals surface area contributed by atoms with Gasteiger partial charge in [-0.1, -0.05) is 35.8 Å². The number of anilines is 1. The van der Waals surface area contributed by atoms with E-state index in [0.29, 0.717) is 5.95 Å². The molecule has 0 aliphatic heterocycles. The van der Waals surface area contributed by atoms with Gasteiger partial charge in [-0.3, -0.25) is 0 Å². The van der Waals surface area contributed by atoms with E-state index in [0.717, 1.165) is 22.1 Å². The number of hydrogen-bond donors (Lipinski definition) is 1. The quantitative estimate of drug-likeness (QED) is 0.760. The maximum absolute atomic E-state index is 6.10. The Morgan fingerprint density at radius 3 is 2.85 bits per heavy atom. The van der Waals surface area contributed by atoms with Crippen LogP contribution >= 0.6 is 27.3 Å². The van der Waals surface area contributed by atoms with Crippen molar-refractivity contribution in [3.63, 3.8) is 0 Å². The van der Waals surface area contributed by atoms with Gasteiger partial charge in [0, 0.05) is 21.3 Å². The van der Waals surface area contributed by atoms with E-state index in [1.807, 2.05) is 12.1 Å². The van der Waals surface area contributed by atoms with Crippen LogP contribution in [0.5, 0.6) is 0 Å². The summed E-state index contributed by atoms with van der Waals surface area (Å²) in [5.41, 5.74) is 8.14. The number of aromatic nitrogens is 2. The highest BCUT2D eigenvalue weighted by Crippen LogP contribution is 2.32. The Balaban J connectivity index is 2.05. The summed E-state index contributed by atoms with van der Waals surface area (Å²) in [4.78, 5) is 5.81. The molecule has 2 heterocycles. The number of halogens is 1. The van der Waals surface area contributed by atoms with Gasteiger partial charge < -0.3 is 10.3 Å². The van der Waals surface area contributed by atoms with Gasteiger partial charge in [0.25, 0.3) is 0 Å². The molecule has 0 saturated heterocycles. The molecule has 0 fully saturated rings. The molecule has 2 N–H and O–H groups in total. The van der Waals surface area contributed by atoms with E-state index in [-0.39, 0.29) is 5.41 Å². The van der Waals surface area contributed by atoms with Gasteiger partial charge >= 0.3 is 0 Å². The zero-order valence-corrected chi connectivity index (χ0v) is 13.8. The Kier molecular flexibility index (Phi) is 3.34. The van der Waals surface area contributed by atoms with Gasteiger partial charge in [0.15, 0.2) is 0 Å². The second-order valence-electron chi connectivity index (χ2n) is 5.55. The van der Waals surface area contributed by atoms with Crippen molar-refractivity contribution < 1.29 is 0 Å². The SMILES string of the molecule is CC(C)(Cn1c(N)nc2cc(Br)ccc21)c1cccs1. The van der Waals surface area contributed by atoms with Gasteiger partial charge in [0.2, 0.25) is 5.95 Å². The number of nitrogens with two attached hydrogens (primary N) is 1. The number of imidazole rings is 1. The van der Waals surface area contributed by atoms with Gasteiger partial charge in [-0.2, -0.15) is 0 Å². The zero-order valence-electron chi connectivity index (χ0n) is 11.4. The summed E-state index contributed by atoms with van der Waals surface area (Å²) in [6.45, 7) is 5.30. The molecule has 3 rings (SSSR count). The third-order valence-electron chi connectivity index (χ3n) is 3.48. The minimum Gasteiger partial charge on any atom is -0.369 e. The summed E-state index contributed by atoms with van der Waals surface area (Å²) in [7, 11) is 0. The number of nitrogens with zero attached hydrogens (tertiary/aromatic N) is 2. The molecular formula is C15H16BrN3S. The second kappa shape index (κ2) is 4.90. The number of nitrogen functional groups attached to an aromatic ring is 1. The number of benzene rings is 1. The van der Waals surface area contributed by atoms with Crippen molar-refractivity contribution in [3.05, 3.63) is 45.1 Å². The minimum absolute atomic E-state index is 0.0307. The highest BCUT2D eigenvalue weighted by molar-refractivity contribution is 9.10. The van der Waals surface area contributed by atoms with Crippen LogP contribution in [0.1, 0.15) is 18.7 Å². The first-order valence-electron chi connectivity index (χ1n) is 6.43. The number of hydrogen-bond acceptors (Lipinski definition) is 3. The summed E-state index contributed by atoms with van der Waals surface area (Å²) in [5.74, 6) is 0.572. The second-order valence-corrected chi connectivity index (χ2v) is 7.41. The number of fused-ring (bicyclic) bond motifs is 1. The summed E-state index contributed by atoms with van der Waals surface area (Å²) >= 11 is 5.25. The Hall–Kier alpha value is -1.33. The summed E-state index contributed by atoms with van der Waals surface area (Å²) < 4.78 is 3.12. The van der Waals surface area contributed by atoms with Crippen LogP contribution in [0.15, 0.2) is 40.2 Å². The molecule has 2 aromatic heterocycles. The lowest BCUT2D eigenvalue weighted by atomic mass is 9.91. The molecule has 0 amide bonds.